The summed E-state index contributed by atoms with van der Waals surface area (Å²) in [6.07, 6.45) is 2.76. The molecule has 1 aromatic carbocycles. The van der Waals surface area contributed by atoms with Gasteiger partial charge in [0.15, 0.2) is 11.6 Å². The van der Waals surface area contributed by atoms with Crippen LogP contribution in [0.4, 0.5) is 14.5 Å². The summed E-state index contributed by atoms with van der Waals surface area (Å²) in [5.41, 5.74) is -0.993. The minimum Gasteiger partial charge on any atom is -0.299 e. The molecule has 1 aromatic heterocycles. The number of halogens is 2. The molecular formula is C10H7F2N3O2. The molecular weight excluding hydrogens is 232 g/mol. The van der Waals surface area contributed by atoms with Crippen LogP contribution in [0, 0.1) is 28.7 Å². The SMILES string of the molecule is Cc1nccn1-c1c(F)cc([N+](=O)[O-])cc1F. The quantitative estimate of drug-likeness (QED) is 0.597. The Labute approximate surface area is 94.5 Å². The minimum absolute atomic E-state index is 0.370. The van der Waals surface area contributed by atoms with Crippen molar-refractivity contribution in [3.8, 4) is 5.69 Å². The molecule has 7 heteroatoms. The standard InChI is InChI=1S/C10H7F2N3O2/c1-6-13-2-3-14(6)10-8(11)4-7(15(16)17)5-9(10)12/h2-5H,1H3. The highest BCUT2D eigenvalue weighted by Crippen LogP contribution is 2.24. The number of hydrogen-bond acceptors (Lipinski definition) is 3. The maximum Gasteiger partial charge on any atom is 0.275 e. The van der Waals surface area contributed by atoms with E-state index in [-0.39, 0.29) is 5.69 Å². The van der Waals surface area contributed by atoms with Gasteiger partial charge in [-0.25, -0.2) is 13.8 Å². The van der Waals surface area contributed by atoms with E-state index in [2.05, 4.69) is 4.98 Å². The molecule has 0 aliphatic rings. The molecule has 88 valence electrons. The highest BCUT2D eigenvalue weighted by Gasteiger charge is 2.19. The minimum atomic E-state index is -1.00. The Morgan fingerprint density at radius 2 is 1.94 bits per heavy atom. The van der Waals surface area contributed by atoms with E-state index >= 15 is 0 Å². The summed E-state index contributed by atoms with van der Waals surface area (Å²) in [7, 11) is 0. The summed E-state index contributed by atoms with van der Waals surface area (Å²) in [5.74, 6) is -1.62. The van der Waals surface area contributed by atoms with Crippen LogP contribution in [0.25, 0.3) is 5.69 Å². The number of rotatable bonds is 2. The van der Waals surface area contributed by atoms with Gasteiger partial charge in [0.1, 0.15) is 11.5 Å². The molecule has 2 aromatic rings. The number of aromatic nitrogens is 2. The summed E-state index contributed by atoms with van der Waals surface area (Å²) in [5, 5.41) is 10.4. The maximum absolute atomic E-state index is 13.6. The molecule has 1 heterocycles. The van der Waals surface area contributed by atoms with E-state index < -0.39 is 22.2 Å². The van der Waals surface area contributed by atoms with Crippen LogP contribution >= 0.6 is 0 Å². The van der Waals surface area contributed by atoms with Gasteiger partial charge >= 0.3 is 0 Å². The second-order valence-electron chi connectivity index (χ2n) is 3.36. The highest BCUT2D eigenvalue weighted by molar-refractivity contribution is 5.44. The zero-order chi connectivity index (χ0) is 12.6. The number of non-ortho nitro benzene ring substituents is 1. The van der Waals surface area contributed by atoms with Crippen LogP contribution in [0.1, 0.15) is 5.82 Å². The van der Waals surface area contributed by atoms with E-state index in [1.807, 2.05) is 0 Å². The van der Waals surface area contributed by atoms with Crippen LogP contribution in [0.3, 0.4) is 0 Å². The maximum atomic E-state index is 13.6. The van der Waals surface area contributed by atoms with Gasteiger partial charge in [-0.15, -0.1) is 0 Å². The number of benzene rings is 1. The van der Waals surface area contributed by atoms with Crippen molar-refractivity contribution >= 4 is 5.69 Å². The zero-order valence-corrected chi connectivity index (χ0v) is 8.72. The predicted molar refractivity (Wildman–Crippen MR) is 54.9 cm³/mol. The van der Waals surface area contributed by atoms with Gasteiger partial charge in [0.2, 0.25) is 0 Å². The van der Waals surface area contributed by atoms with Crippen molar-refractivity contribution < 1.29 is 13.7 Å². The highest BCUT2D eigenvalue weighted by atomic mass is 19.1. The van der Waals surface area contributed by atoms with Crippen molar-refractivity contribution in [2.45, 2.75) is 6.92 Å². The molecule has 2 rings (SSSR count). The first-order valence-corrected chi connectivity index (χ1v) is 4.64. The number of hydrogen-bond donors (Lipinski definition) is 0. The van der Waals surface area contributed by atoms with Gasteiger partial charge in [-0.3, -0.25) is 14.7 Å². The molecule has 0 saturated carbocycles. The lowest BCUT2D eigenvalue weighted by Crippen LogP contribution is -2.04. The van der Waals surface area contributed by atoms with E-state index in [1.54, 1.807) is 6.92 Å². The van der Waals surface area contributed by atoms with Crippen molar-refractivity contribution in [3.05, 3.63) is 52.1 Å². The third kappa shape index (κ3) is 1.86. The first kappa shape index (κ1) is 11.2. The smallest absolute Gasteiger partial charge is 0.275 e. The van der Waals surface area contributed by atoms with Crippen LogP contribution in [0.5, 0.6) is 0 Å². The number of aryl methyl sites for hydroxylation is 1. The second kappa shape index (κ2) is 3.93. The summed E-state index contributed by atoms with van der Waals surface area (Å²) in [6.45, 7) is 1.57. The Hall–Kier alpha value is -2.31. The second-order valence-corrected chi connectivity index (χ2v) is 3.36. The zero-order valence-electron chi connectivity index (χ0n) is 8.72. The van der Waals surface area contributed by atoms with Gasteiger partial charge < -0.3 is 0 Å². The van der Waals surface area contributed by atoms with Gasteiger partial charge in [0, 0.05) is 12.4 Å². The fraction of sp³-hybridized carbons (Fsp3) is 0.100. The Balaban J connectivity index is 2.65. The summed E-state index contributed by atoms with van der Waals surface area (Å²) in [6, 6.07) is 1.36. The molecule has 0 spiro atoms. The van der Waals surface area contributed by atoms with Crippen LogP contribution in [0.15, 0.2) is 24.5 Å². The number of nitro benzene ring substituents is 1. The Kier molecular flexibility index (Phi) is 2.58. The van der Waals surface area contributed by atoms with Crippen LogP contribution in [-0.2, 0) is 0 Å². The molecule has 0 unspecified atom stereocenters. The van der Waals surface area contributed by atoms with Crippen LogP contribution in [0.2, 0.25) is 0 Å². The molecule has 17 heavy (non-hydrogen) atoms. The van der Waals surface area contributed by atoms with Gasteiger partial charge in [-0.1, -0.05) is 0 Å². The van der Waals surface area contributed by atoms with Crippen molar-refractivity contribution in [3.63, 3.8) is 0 Å². The average molecular weight is 239 g/mol. The van der Waals surface area contributed by atoms with Crippen molar-refractivity contribution in [2.24, 2.45) is 0 Å². The lowest BCUT2D eigenvalue weighted by atomic mass is 10.2. The molecule has 0 radical (unpaired) electrons. The molecule has 0 atom stereocenters. The average Bonchev–Trinajstić information content (AvgIpc) is 2.64. The molecule has 0 aliphatic carbocycles. The lowest BCUT2D eigenvalue weighted by molar-refractivity contribution is -0.385. The van der Waals surface area contributed by atoms with E-state index in [0.29, 0.717) is 18.0 Å². The summed E-state index contributed by atoms with van der Waals surface area (Å²) in [4.78, 5) is 13.4. The predicted octanol–water partition coefficient (Wildman–Crippen LogP) is 2.37. The third-order valence-corrected chi connectivity index (χ3v) is 2.28. The Bertz CT molecular complexity index is 572. The third-order valence-electron chi connectivity index (χ3n) is 2.28. The van der Waals surface area contributed by atoms with E-state index in [0.717, 1.165) is 0 Å². The summed E-state index contributed by atoms with van der Waals surface area (Å²) < 4.78 is 28.4. The van der Waals surface area contributed by atoms with Crippen molar-refractivity contribution in [1.82, 2.24) is 9.55 Å². The molecule has 0 N–H and O–H groups in total. The van der Waals surface area contributed by atoms with Gasteiger partial charge in [-0.2, -0.15) is 0 Å². The molecule has 5 nitrogen and oxygen atoms in total. The Morgan fingerprint density at radius 3 is 2.35 bits per heavy atom. The molecule has 0 bridgehead atoms. The topological polar surface area (TPSA) is 61.0 Å². The summed E-state index contributed by atoms with van der Waals surface area (Å²) >= 11 is 0. The molecule has 0 saturated heterocycles. The van der Waals surface area contributed by atoms with Gasteiger partial charge in [0.25, 0.3) is 5.69 Å². The Morgan fingerprint density at radius 1 is 1.35 bits per heavy atom. The lowest BCUT2D eigenvalue weighted by Gasteiger charge is -2.07. The normalized spacial score (nSPS) is 10.5. The van der Waals surface area contributed by atoms with Crippen molar-refractivity contribution in [2.75, 3.05) is 0 Å². The first-order valence-electron chi connectivity index (χ1n) is 4.64. The van der Waals surface area contributed by atoms with E-state index in [4.69, 9.17) is 0 Å². The van der Waals surface area contributed by atoms with Crippen LogP contribution < -0.4 is 0 Å². The molecule has 0 fully saturated rings. The van der Waals surface area contributed by atoms with Gasteiger partial charge in [-0.05, 0) is 6.92 Å². The molecule has 0 aliphatic heterocycles. The van der Waals surface area contributed by atoms with Gasteiger partial charge in [0.05, 0.1) is 17.1 Å². The monoisotopic (exact) mass is 239 g/mol. The largest absolute Gasteiger partial charge is 0.299 e. The van der Waals surface area contributed by atoms with Crippen molar-refractivity contribution in [1.29, 1.82) is 0 Å². The first-order chi connectivity index (χ1) is 8.00. The number of nitrogens with zero attached hydrogens (tertiary/aromatic N) is 3. The number of imidazole rings is 1. The van der Waals surface area contributed by atoms with E-state index in [1.165, 1.54) is 17.0 Å². The fourth-order valence-electron chi connectivity index (χ4n) is 1.50. The fourth-order valence-corrected chi connectivity index (χ4v) is 1.50. The molecule has 0 amide bonds. The van der Waals surface area contributed by atoms with Crippen LogP contribution in [-0.4, -0.2) is 14.5 Å². The van der Waals surface area contributed by atoms with E-state index in [9.17, 15) is 18.9 Å². The number of nitro groups is 1.